The number of nitrogens with zero attached hydrogens (tertiary/aromatic N) is 3. The van der Waals surface area contributed by atoms with E-state index in [4.69, 9.17) is 0 Å². The van der Waals surface area contributed by atoms with Crippen molar-refractivity contribution in [3.05, 3.63) is 24.3 Å². The summed E-state index contributed by atoms with van der Waals surface area (Å²) in [7, 11) is 0. The van der Waals surface area contributed by atoms with Crippen molar-refractivity contribution in [1.29, 1.82) is 0 Å². The minimum Gasteiger partial charge on any atom is -0.360 e. The summed E-state index contributed by atoms with van der Waals surface area (Å²) < 4.78 is 0.729. The number of benzene rings is 1. The van der Waals surface area contributed by atoms with Crippen LogP contribution in [0.25, 0.3) is 0 Å². The monoisotopic (exact) mass is 391 g/mol. The maximum atomic E-state index is 12.9. The van der Waals surface area contributed by atoms with Gasteiger partial charge in [0.05, 0.1) is 16.6 Å². The minimum atomic E-state index is -0.375. The summed E-state index contributed by atoms with van der Waals surface area (Å²) in [5.74, 6) is 0.204. The second kappa shape index (κ2) is 8.05. The molecule has 1 aromatic carbocycles. The smallest absolute Gasteiger partial charge is 0.244 e. The lowest BCUT2D eigenvalue weighted by atomic mass is 10.2. The first-order chi connectivity index (χ1) is 12.4. The Hall–Kier alpha value is -2.13. The highest BCUT2D eigenvalue weighted by molar-refractivity contribution is 8.02. The fourth-order valence-corrected chi connectivity index (χ4v) is 4.44. The molecule has 1 atom stereocenters. The van der Waals surface area contributed by atoms with Gasteiger partial charge in [-0.3, -0.25) is 14.5 Å². The molecule has 1 aliphatic rings. The van der Waals surface area contributed by atoms with Gasteiger partial charge in [0.1, 0.15) is 6.54 Å². The maximum Gasteiger partial charge on any atom is 0.244 e. The predicted molar refractivity (Wildman–Crippen MR) is 106 cm³/mol. The summed E-state index contributed by atoms with van der Waals surface area (Å²) in [6.07, 6.45) is 0. The van der Waals surface area contributed by atoms with Crippen LogP contribution in [0.1, 0.15) is 20.8 Å². The lowest BCUT2D eigenvalue weighted by Crippen LogP contribution is -2.45. The Morgan fingerprint density at radius 2 is 2.12 bits per heavy atom. The van der Waals surface area contributed by atoms with Gasteiger partial charge in [-0.05, 0) is 25.0 Å². The molecule has 1 aliphatic heterocycles. The fraction of sp³-hybridized carbons (Fsp3) is 0.412. The zero-order chi connectivity index (χ0) is 18.7. The third-order valence-electron chi connectivity index (χ3n) is 3.73. The third-order valence-corrected chi connectivity index (χ3v) is 5.78. The van der Waals surface area contributed by atoms with Gasteiger partial charge in [-0.25, -0.2) is 0 Å². The Morgan fingerprint density at radius 1 is 1.35 bits per heavy atom. The Bertz CT molecular complexity index is 808. The number of nitrogens with one attached hydrogen (secondary N) is 2. The van der Waals surface area contributed by atoms with Gasteiger partial charge in [0.25, 0.3) is 0 Å². The number of carbonyl (C=O) groups is 2. The Labute approximate surface area is 160 Å². The molecule has 0 unspecified atom stereocenters. The molecule has 138 valence electrons. The highest BCUT2D eigenvalue weighted by Crippen LogP contribution is 2.33. The van der Waals surface area contributed by atoms with E-state index in [0.29, 0.717) is 11.6 Å². The van der Waals surface area contributed by atoms with Crippen molar-refractivity contribution in [1.82, 2.24) is 10.2 Å². The van der Waals surface area contributed by atoms with Gasteiger partial charge >= 0.3 is 0 Å². The van der Waals surface area contributed by atoms with E-state index in [2.05, 4.69) is 34.7 Å². The van der Waals surface area contributed by atoms with E-state index in [1.54, 1.807) is 6.07 Å². The lowest BCUT2D eigenvalue weighted by molar-refractivity contribution is -0.121. The molecule has 2 aromatic rings. The van der Waals surface area contributed by atoms with Gasteiger partial charge in [0, 0.05) is 6.54 Å². The van der Waals surface area contributed by atoms with E-state index >= 15 is 0 Å². The minimum absolute atomic E-state index is 0.0259. The van der Waals surface area contributed by atoms with Gasteiger partial charge in [-0.1, -0.05) is 49.1 Å². The summed E-state index contributed by atoms with van der Waals surface area (Å²) in [4.78, 5) is 26.3. The molecule has 0 radical (unpaired) electrons. The first-order valence-electron chi connectivity index (χ1n) is 8.38. The molecule has 3 rings (SSSR count). The van der Waals surface area contributed by atoms with Crippen LogP contribution in [0, 0.1) is 5.92 Å². The normalized spacial score (nSPS) is 14.8. The first-order valence-corrected chi connectivity index (χ1v) is 10.1. The number of amides is 2. The molecule has 2 heterocycles. The zero-order valence-corrected chi connectivity index (χ0v) is 16.5. The topological polar surface area (TPSA) is 87.2 Å². The maximum absolute atomic E-state index is 12.9. The van der Waals surface area contributed by atoms with Crippen molar-refractivity contribution in [3.8, 4) is 0 Å². The molecule has 1 aromatic heterocycles. The van der Waals surface area contributed by atoms with Crippen LogP contribution in [0.15, 0.2) is 28.6 Å². The van der Waals surface area contributed by atoms with Gasteiger partial charge in [-0.2, -0.15) is 0 Å². The number of rotatable bonds is 6. The van der Waals surface area contributed by atoms with Crippen molar-refractivity contribution in [2.75, 3.05) is 28.6 Å². The third kappa shape index (κ3) is 4.34. The predicted octanol–water partition coefficient (Wildman–Crippen LogP) is 3.07. The number of thioether (sulfide) groups is 1. The Morgan fingerprint density at radius 3 is 2.88 bits per heavy atom. The van der Waals surface area contributed by atoms with E-state index in [0.717, 1.165) is 21.7 Å². The average molecular weight is 392 g/mol. The number of hydrogen-bond donors (Lipinski definition) is 2. The van der Waals surface area contributed by atoms with Crippen LogP contribution in [0.2, 0.25) is 0 Å². The summed E-state index contributed by atoms with van der Waals surface area (Å²) in [5.41, 5.74) is 1.38. The molecule has 9 heteroatoms. The van der Waals surface area contributed by atoms with Crippen LogP contribution in [-0.4, -0.2) is 40.4 Å². The van der Waals surface area contributed by atoms with Crippen molar-refractivity contribution in [2.24, 2.45) is 5.92 Å². The van der Waals surface area contributed by atoms with Crippen LogP contribution in [-0.2, 0) is 9.59 Å². The molecule has 2 N–H and O–H groups in total. The fourth-order valence-electron chi connectivity index (χ4n) is 2.47. The number of aromatic nitrogens is 2. The number of fused-ring (bicyclic) bond motifs is 1. The molecule has 7 nitrogen and oxygen atoms in total. The average Bonchev–Trinajstić information content (AvgIpc) is 3.06. The molecule has 0 aliphatic carbocycles. The highest BCUT2D eigenvalue weighted by atomic mass is 32.2. The van der Waals surface area contributed by atoms with Gasteiger partial charge < -0.3 is 10.6 Å². The Kier molecular flexibility index (Phi) is 5.77. The summed E-state index contributed by atoms with van der Waals surface area (Å²) >= 11 is 2.79. The molecule has 0 spiro atoms. The van der Waals surface area contributed by atoms with Crippen molar-refractivity contribution in [3.63, 3.8) is 0 Å². The number of anilines is 3. The lowest BCUT2D eigenvalue weighted by Gasteiger charge is -2.30. The van der Waals surface area contributed by atoms with E-state index in [9.17, 15) is 9.59 Å². The quantitative estimate of drug-likeness (QED) is 0.736. The van der Waals surface area contributed by atoms with E-state index in [-0.39, 0.29) is 23.6 Å². The summed E-state index contributed by atoms with van der Waals surface area (Å²) in [5, 5.41) is 14.7. The molecule has 0 bridgehead atoms. The second-order valence-corrected chi connectivity index (χ2v) is 8.96. The van der Waals surface area contributed by atoms with E-state index in [1.807, 2.05) is 25.1 Å². The van der Waals surface area contributed by atoms with Gasteiger partial charge in [0.2, 0.25) is 16.9 Å². The largest absolute Gasteiger partial charge is 0.360 e. The molecule has 0 saturated heterocycles. The standard InChI is InChI=1S/C17H21N5O2S2/c1-10(2)8-18-16-20-21-17(26-16)25-11(3)15(24)22-9-14(23)19-12-6-4-5-7-13(12)22/h4-7,10-11H,8-9H2,1-3H3,(H,18,20)(H,19,23)/t11-/m1/s1. The molecule has 26 heavy (non-hydrogen) atoms. The van der Waals surface area contributed by atoms with Crippen LogP contribution >= 0.6 is 23.1 Å². The van der Waals surface area contributed by atoms with E-state index < -0.39 is 0 Å². The zero-order valence-electron chi connectivity index (χ0n) is 14.9. The number of para-hydroxylation sites is 2. The summed E-state index contributed by atoms with van der Waals surface area (Å²) in [6, 6.07) is 7.31. The van der Waals surface area contributed by atoms with Crippen LogP contribution < -0.4 is 15.5 Å². The first kappa shape index (κ1) is 18.7. The number of hydrogen-bond acceptors (Lipinski definition) is 7. The SMILES string of the molecule is CC(C)CNc1nnc(S[C@H](C)C(=O)N2CC(=O)Nc3ccccc32)s1. The van der Waals surface area contributed by atoms with E-state index in [1.165, 1.54) is 28.0 Å². The van der Waals surface area contributed by atoms with Crippen LogP contribution in [0.3, 0.4) is 0 Å². The van der Waals surface area contributed by atoms with Gasteiger partial charge in [-0.15, -0.1) is 10.2 Å². The highest BCUT2D eigenvalue weighted by Gasteiger charge is 2.30. The molecule has 0 fully saturated rings. The number of carbonyl (C=O) groups excluding carboxylic acids is 2. The van der Waals surface area contributed by atoms with Crippen molar-refractivity contribution >= 4 is 51.4 Å². The summed E-state index contributed by atoms with van der Waals surface area (Å²) in [6.45, 7) is 6.92. The molecule has 0 saturated carbocycles. The molecular formula is C17H21N5O2S2. The van der Waals surface area contributed by atoms with Crippen molar-refractivity contribution in [2.45, 2.75) is 30.4 Å². The van der Waals surface area contributed by atoms with Crippen LogP contribution in [0.5, 0.6) is 0 Å². The van der Waals surface area contributed by atoms with Crippen molar-refractivity contribution < 1.29 is 9.59 Å². The second-order valence-electron chi connectivity index (χ2n) is 6.40. The van der Waals surface area contributed by atoms with Gasteiger partial charge in [0.15, 0.2) is 4.34 Å². The molecular weight excluding hydrogens is 370 g/mol. The van der Waals surface area contributed by atoms with Crippen LogP contribution in [0.4, 0.5) is 16.5 Å². The Balaban J connectivity index is 1.68. The molecule has 2 amide bonds.